The van der Waals surface area contributed by atoms with Crippen LogP contribution >= 0.6 is 22.9 Å². The molecule has 0 fully saturated rings. The Labute approximate surface area is 153 Å². The van der Waals surface area contributed by atoms with Gasteiger partial charge in [-0.15, -0.1) is 11.3 Å². The molecular formula is C18H17ClN2O3S. The number of fused-ring (bicyclic) bond motifs is 1. The number of esters is 1. The van der Waals surface area contributed by atoms with E-state index < -0.39 is 5.97 Å². The lowest BCUT2D eigenvalue weighted by molar-refractivity contribution is -0.149. The Morgan fingerprint density at radius 2 is 2.08 bits per heavy atom. The fourth-order valence-corrected chi connectivity index (χ4v) is 3.44. The molecule has 0 saturated heterocycles. The molecule has 0 amide bonds. The van der Waals surface area contributed by atoms with Gasteiger partial charge in [0.05, 0.1) is 17.8 Å². The van der Waals surface area contributed by atoms with Crippen LogP contribution in [-0.4, -0.2) is 21.6 Å². The van der Waals surface area contributed by atoms with E-state index in [1.807, 2.05) is 31.4 Å². The molecule has 2 heterocycles. The number of aromatic nitrogens is 2. The molecule has 5 nitrogen and oxygen atoms in total. The Kier molecular flexibility index (Phi) is 5.20. The second-order valence-corrected chi connectivity index (χ2v) is 7.02. The van der Waals surface area contributed by atoms with Crippen molar-refractivity contribution in [1.82, 2.24) is 9.55 Å². The van der Waals surface area contributed by atoms with Crippen LogP contribution in [0.1, 0.15) is 20.3 Å². The number of rotatable bonds is 5. The molecule has 0 aliphatic carbocycles. The lowest BCUT2D eigenvalue weighted by Crippen LogP contribution is -2.27. The van der Waals surface area contributed by atoms with Crippen LogP contribution in [0.15, 0.2) is 40.8 Å². The largest absolute Gasteiger partial charge is 0.461 e. The Balaban J connectivity index is 1.99. The maximum absolute atomic E-state index is 12.8. The molecule has 0 aliphatic heterocycles. The van der Waals surface area contributed by atoms with Crippen LogP contribution in [0.25, 0.3) is 21.3 Å². The second kappa shape index (κ2) is 7.37. The van der Waals surface area contributed by atoms with Crippen molar-refractivity contribution in [3.8, 4) is 11.1 Å². The molecule has 1 atom stereocenters. The summed E-state index contributed by atoms with van der Waals surface area (Å²) in [5.41, 5.74) is 1.42. The normalized spacial score (nSPS) is 12.3. The number of nitrogens with zero attached hydrogens (tertiary/aromatic N) is 2. The quantitative estimate of drug-likeness (QED) is 0.628. The Morgan fingerprint density at radius 3 is 2.76 bits per heavy atom. The first-order valence-electron chi connectivity index (χ1n) is 7.91. The molecule has 0 radical (unpaired) electrons. The maximum atomic E-state index is 12.8. The third-order valence-electron chi connectivity index (χ3n) is 3.92. The van der Waals surface area contributed by atoms with Crippen LogP contribution in [0.4, 0.5) is 0 Å². The standard InChI is InChI=1S/C18H17ClN2O3S/c1-3-11(2)24-15(22)8-21-10-20-17-16(18(21)23)14(9-25-17)12-4-6-13(19)7-5-12/h4-7,9-11H,3,8H2,1-2H3/t11-/m1/s1. The molecule has 0 N–H and O–H groups in total. The van der Waals surface area contributed by atoms with Crippen LogP contribution in [-0.2, 0) is 16.1 Å². The van der Waals surface area contributed by atoms with E-state index in [1.54, 1.807) is 12.1 Å². The molecule has 0 spiro atoms. The van der Waals surface area contributed by atoms with Gasteiger partial charge in [-0.25, -0.2) is 4.98 Å². The highest BCUT2D eigenvalue weighted by molar-refractivity contribution is 7.17. The fraction of sp³-hybridized carbons (Fsp3) is 0.278. The zero-order valence-corrected chi connectivity index (χ0v) is 15.4. The van der Waals surface area contributed by atoms with E-state index in [0.717, 1.165) is 17.5 Å². The number of ether oxygens (including phenoxy) is 1. The molecule has 0 unspecified atom stereocenters. The minimum Gasteiger partial charge on any atom is -0.461 e. The van der Waals surface area contributed by atoms with Gasteiger partial charge in [0.15, 0.2) is 0 Å². The van der Waals surface area contributed by atoms with E-state index in [-0.39, 0.29) is 18.2 Å². The molecule has 3 rings (SSSR count). The molecule has 0 aliphatic rings. The van der Waals surface area contributed by atoms with Gasteiger partial charge in [-0.05, 0) is 31.0 Å². The van der Waals surface area contributed by atoms with Gasteiger partial charge in [0.25, 0.3) is 5.56 Å². The van der Waals surface area contributed by atoms with Gasteiger partial charge in [0, 0.05) is 16.0 Å². The molecule has 3 aromatic rings. The summed E-state index contributed by atoms with van der Waals surface area (Å²) < 4.78 is 6.53. The third-order valence-corrected chi connectivity index (χ3v) is 5.06. The van der Waals surface area contributed by atoms with E-state index in [0.29, 0.717) is 15.2 Å². The predicted molar refractivity (Wildman–Crippen MR) is 100 cm³/mol. The smallest absolute Gasteiger partial charge is 0.326 e. The molecule has 1 aromatic carbocycles. The Morgan fingerprint density at radius 1 is 1.36 bits per heavy atom. The van der Waals surface area contributed by atoms with E-state index in [9.17, 15) is 9.59 Å². The second-order valence-electron chi connectivity index (χ2n) is 5.72. The van der Waals surface area contributed by atoms with Crippen LogP contribution in [0.2, 0.25) is 5.02 Å². The van der Waals surface area contributed by atoms with Crippen LogP contribution in [0.3, 0.4) is 0 Å². The minimum absolute atomic E-state index is 0.151. The first-order valence-corrected chi connectivity index (χ1v) is 9.17. The number of thiophene rings is 1. The van der Waals surface area contributed by atoms with Gasteiger partial charge in [0.1, 0.15) is 11.4 Å². The summed E-state index contributed by atoms with van der Waals surface area (Å²) in [6.45, 7) is 3.60. The summed E-state index contributed by atoms with van der Waals surface area (Å²) in [6, 6.07) is 7.27. The van der Waals surface area contributed by atoms with Gasteiger partial charge in [-0.2, -0.15) is 0 Å². The number of hydrogen-bond donors (Lipinski definition) is 0. The highest BCUT2D eigenvalue weighted by Gasteiger charge is 2.16. The first kappa shape index (κ1) is 17.6. The van der Waals surface area contributed by atoms with Crippen LogP contribution in [0.5, 0.6) is 0 Å². The lowest BCUT2D eigenvalue weighted by Gasteiger charge is -2.11. The summed E-state index contributed by atoms with van der Waals surface area (Å²) in [5, 5.41) is 3.03. The number of halogens is 1. The molecule has 7 heteroatoms. The van der Waals surface area contributed by atoms with Crippen LogP contribution in [0, 0.1) is 0 Å². The topological polar surface area (TPSA) is 61.2 Å². The monoisotopic (exact) mass is 376 g/mol. The number of carbonyl (C=O) groups is 1. The number of benzene rings is 1. The van der Waals surface area contributed by atoms with Crippen molar-refractivity contribution in [1.29, 1.82) is 0 Å². The van der Waals surface area contributed by atoms with Crippen molar-refractivity contribution >= 4 is 39.1 Å². The lowest BCUT2D eigenvalue weighted by atomic mass is 10.1. The minimum atomic E-state index is -0.444. The van der Waals surface area contributed by atoms with Crippen molar-refractivity contribution in [3.63, 3.8) is 0 Å². The van der Waals surface area contributed by atoms with E-state index in [2.05, 4.69) is 4.98 Å². The zero-order valence-electron chi connectivity index (χ0n) is 13.9. The van der Waals surface area contributed by atoms with Crippen LogP contribution < -0.4 is 5.56 Å². The summed E-state index contributed by atoms with van der Waals surface area (Å²) in [7, 11) is 0. The van der Waals surface area contributed by atoms with Gasteiger partial charge in [0.2, 0.25) is 0 Å². The van der Waals surface area contributed by atoms with Crippen molar-refractivity contribution in [2.75, 3.05) is 0 Å². The summed E-state index contributed by atoms with van der Waals surface area (Å²) in [6.07, 6.45) is 1.94. The zero-order chi connectivity index (χ0) is 18.0. The molecule has 25 heavy (non-hydrogen) atoms. The maximum Gasteiger partial charge on any atom is 0.326 e. The van der Waals surface area contributed by atoms with Crippen molar-refractivity contribution < 1.29 is 9.53 Å². The molecular weight excluding hydrogens is 360 g/mol. The molecule has 0 bridgehead atoms. The van der Waals surface area contributed by atoms with Gasteiger partial charge < -0.3 is 4.74 Å². The Hall–Kier alpha value is -2.18. The Bertz CT molecular complexity index is 963. The summed E-state index contributed by atoms with van der Waals surface area (Å²) in [4.78, 5) is 29.8. The summed E-state index contributed by atoms with van der Waals surface area (Å²) in [5.74, 6) is -0.444. The average Bonchev–Trinajstić information content (AvgIpc) is 3.02. The first-order chi connectivity index (χ1) is 12.0. The van der Waals surface area contributed by atoms with E-state index in [1.165, 1.54) is 22.2 Å². The van der Waals surface area contributed by atoms with Crippen molar-refractivity contribution in [3.05, 3.63) is 51.3 Å². The predicted octanol–water partition coefficient (Wildman–Crippen LogP) is 4.12. The van der Waals surface area contributed by atoms with Crippen molar-refractivity contribution in [2.45, 2.75) is 32.9 Å². The summed E-state index contributed by atoms with van der Waals surface area (Å²) >= 11 is 7.33. The molecule has 130 valence electrons. The fourth-order valence-electron chi connectivity index (χ4n) is 2.41. The highest BCUT2D eigenvalue weighted by atomic mass is 35.5. The van der Waals surface area contributed by atoms with Gasteiger partial charge in [-0.1, -0.05) is 30.7 Å². The van der Waals surface area contributed by atoms with Gasteiger partial charge >= 0.3 is 5.97 Å². The number of hydrogen-bond acceptors (Lipinski definition) is 5. The average molecular weight is 377 g/mol. The molecule has 2 aromatic heterocycles. The van der Waals surface area contributed by atoms with E-state index >= 15 is 0 Å². The van der Waals surface area contributed by atoms with Gasteiger partial charge in [-0.3, -0.25) is 14.2 Å². The van der Waals surface area contributed by atoms with Crippen molar-refractivity contribution in [2.24, 2.45) is 0 Å². The number of carbonyl (C=O) groups excluding carboxylic acids is 1. The SMILES string of the molecule is CC[C@@H](C)OC(=O)Cn1cnc2scc(-c3ccc(Cl)cc3)c2c1=O. The molecule has 0 saturated carbocycles. The highest BCUT2D eigenvalue weighted by Crippen LogP contribution is 2.31. The third kappa shape index (κ3) is 3.75. The van der Waals surface area contributed by atoms with E-state index in [4.69, 9.17) is 16.3 Å².